The number of aromatic hydroxyl groups is 1. The number of nitrogens with one attached hydrogen (secondary N) is 1. The van der Waals surface area contributed by atoms with E-state index in [2.05, 4.69) is 5.32 Å². The molecule has 0 saturated carbocycles. The molecule has 0 bridgehead atoms. The molecule has 0 heterocycles. The Morgan fingerprint density at radius 1 is 1.47 bits per heavy atom. The van der Waals surface area contributed by atoms with Crippen molar-refractivity contribution in [2.24, 2.45) is 0 Å². The van der Waals surface area contributed by atoms with Crippen molar-refractivity contribution in [1.82, 2.24) is 5.32 Å². The van der Waals surface area contributed by atoms with E-state index in [1.54, 1.807) is 18.4 Å². The lowest BCUT2D eigenvalue weighted by Gasteiger charge is -2.10. The van der Waals surface area contributed by atoms with Crippen LogP contribution in [0.2, 0.25) is 0 Å². The van der Waals surface area contributed by atoms with Crippen LogP contribution in [0.3, 0.4) is 0 Å². The van der Waals surface area contributed by atoms with E-state index in [1.165, 1.54) is 6.07 Å². The lowest BCUT2D eigenvalue weighted by molar-refractivity contribution is 0.0950. The Morgan fingerprint density at radius 2 is 2.16 bits per heavy atom. The van der Waals surface area contributed by atoms with Crippen molar-refractivity contribution in [2.45, 2.75) is 31.9 Å². The summed E-state index contributed by atoms with van der Waals surface area (Å²) >= 11 is 0. The zero-order valence-electron chi connectivity index (χ0n) is 11.6. The van der Waals surface area contributed by atoms with Crippen LogP contribution in [0.15, 0.2) is 18.2 Å². The lowest BCUT2D eigenvalue weighted by atomic mass is 10.1. The van der Waals surface area contributed by atoms with Gasteiger partial charge >= 0.3 is 0 Å². The summed E-state index contributed by atoms with van der Waals surface area (Å²) in [5.74, 6) is -0.302. The van der Waals surface area contributed by atoms with Gasteiger partial charge < -0.3 is 10.4 Å². The highest BCUT2D eigenvalue weighted by atomic mass is 32.2. The number of carbonyl (C=O) groups is 1. The molecule has 0 fully saturated rings. The predicted molar refractivity (Wildman–Crippen MR) is 78.0 cm³/mol. The number of benzene rings is 1. The molecule has 1 aromatic carbocycles. The summed E-state index contributed by atoms with van der Waals surface area (Å²) in [4.78, 5) is 11.9. The standard InChI is InChI=1S/C14H21NO3S/c1-4-11-5-6-13(16)12(9-11)14(17)15-8-7-10(2)19(3)18/h5-6,9-10,16H,4,7-8H2,1-3H3,(H,15,17)/t10-,19-/m0/s1. The molecule has 0 aliphatic heterocycles. The summed E-state index contributed by atoms with van der Waals surface area (Å²) in [7, 11) is -0.880. The summed E-state index contributed by atoms with van der Waals surface area (Å²) in [6.07, 6.45) is 3.12. The summed E-state index contributed by atoms with van der Waals surface area (Å²) in [5, 5.41) is 12.5. The van der Waals surface area contributed by atoms with Gasteiger partial charge in [0.15, 0.2) is 0 Å². The van der Waals surface area contributed by atoms with Gasteiger partial charge in [-0.15, -0.1) is 0 Å². The molecular weight excluding hydrogens is 262 g/mol. The average molecular weight is 283 g/mol. The topological polar surface area (TPSA) is 66.4 Å². The maximum Gasteiger partial charge on any atom is 0.255 e. The van der Waals surface area contributed by atoms with Crippen molar-refractivity contribution in [1.29, 1.82) is 0 Å². The van der Waals surface area contributed by atoms with Crippen LogP contribution < -0.4 is 5.32 Å². The molecule has 106 valence electrons. The smallest absolute Gasteiger partial charge is 0.255 e. The molecule has 1 aromatic rings. The van der Waals surface area contributed by atoms with E-state index < -0.39 is 10.8 Å². The molecule has 2 atom stereocenters. The van der Waals surface area contributed by atoms with Crippen molar-refractivity contribution in [3.05, 3.63) is 29.3 Å². The van der Waals surface area contributed by atoms with E-state index >= 15 is 0 Å². The van der Waals surface area contributed by atoms with Gasteiger partial charge in [-0.25, -0.2) is 0 Å². The first-order chi connectivity index (χ1) is 8.95. The van der Waals surface area contributed by atoms with Crippen LogP contribution in [0.4, 0.5) is 0 Å². The number of phenols is 1. The molecule has 4 nitrogen and oxygen atoms in total. The number of amides is 1. The number of hydrogen-bond donors (Lipinski definition) is 2. The lowest BCUT2D eigenvalue weighted by Crippen LogP contribution is -2.27. The molecule has 0 unspecified atom stereocenters. The molecule has 0 aromatic heterocycles. The minimum Gasteiger partial charge on any atom is -0.507 e. The zero-order valence-corrected chi connectivity index (χ0v) is 12.4. The maximum atomic E-state index is 11.9. The highest BCUT2D eigenvalue weighted by Gasteiger charge is 2.12. The van der Waals surface area contributed by atoms with Gasteiger partial charge in [0, 0.05) is 28.9 Å². The summed E-state index contributed by atoms with van der Waals surface area (Å²) in [5.41, 5.74) is 1.30. The first kappa shape index (κ1) is 15.7. The SMILES string of the molecule is CCc1ccc(O)c(C(=O)NCC[C@H](C)[S@](C)=O)c1. The number of carbonyl (C=O) groups excluding carboxylic acids is 1. The summed E-state index contributed by atoms with van der Waals surface area (Å²) in [6, 6.07) is 5.04. The third-order valence-corrected chi connectivity index (χ3v) is 4.49. The first-order valence-electron chi connectivity index (χ1n) is 6.38. The quantitative estimate of drug-likeness (QED) is 0.837. The molecule has 5 heteroatoms. The average Bonchev–Trinajstić information content (AvgIpc) is 2.38. The predicted octanol–water partition coefficient (Wildman–Crippen LogP) is 1.84. The third kappa shape index (κ3) is 4.67. The first-order valence-corrected chi connectivity index (χ1v) is 8.00. The second kappa shape index (κ2) is 7.28. The van der Waals surface area contributed by atoms with Gasteiger partial charge in [-0.2, -0.15) is 0 Å². The Balaban J connectivity index is 2.61. The van der Waals surface area contributed by atoms with E-state index in [-0.39, 0.29) is 16.9 Å². The largest absolute Gasteiger partial charge is 0.507 e. The van der Waals surface area contributed by atoms with Crippen LogP contribution in [-0.2, 0) is 17.2 Å². The van der Waals surface area contributed by atoms with E-state index in [9.17, 15) is 14.1 Å². The molecule has 2 N–H and O–H groups in total. The fraction of sp³-hybridized carbons (Fsp3) is 0.500. The van der Waals surface area contributed by atoms with Gasteiger partial charge in [-0.3, -0.25) is 9.00 Å². The van der Waals surface area contributed by atoms with Crippen molar-refractivity contribution < 1.29 is 14.1 Å². The Labute approximate surface area is 116 Å². The van der Waals surface area contributed by atoms with E-state index in [1.807, 2.05) is 13.8 Å². The molecule has 1 rings (SSSR count). The molecule has 1 amide bonds. The molecule has 0 aliphatic rings. The van der Waals surface area contributed by atoms with E-state index in [0.29, 0.717) is 18.5 Å². The van der Waals surface area contributed by atoms with E-state index in [4.69, 9.17) is 0 Å². The number of rotatable bonds is 6. The summed E-state index contributed by atoms with van der Waals surface area (Å²) < 4.78 is 11.2. The fourth-order valence-electron chi connectivity index (χ4n) is 1.64. The number of hydrogen-bond acceptors (Lipinski definition) is 3. The summed E-state index contributed by atoms with van der Waals surface area (Å²) in [6.45, 7) is 4.33. The van der Waals surface area contributed by atoms with Gasteiger partial charge in [-0.05, 0) is 30.5 Å². The van der Waals surface area contributed by atoms with Gasteiger partial charge in [0.1, 0.15) is 5.75 Å². The van der Waals surface area contributed by atoms with Crippen LogP contribution >= 0.6 is 0 Å². The van der Waals surface area contributed by atoms with E-state index in [0.717, 1.165) is 12.0 Å². The van der Waals surface area contributed by atoms with Crippen LogP contribution in [-0.4, -0.2) is 33.3 Å². The second-order valence-electron chi connectivity index (χ2n) is 4.56. The molecule has 0 aliphatic carbocycles. The second-order valence-corrected chi connectivity index (χ2v) is 6.36. The Bertz CT molecular complexity index is 474. The Hall–Kier alpha value is -1.36. The van der Waals surface area contributed by atoms with Crippen molar-refractivity contribution in [3.8, 4) is 5.75 Å². The zero-order chi connectivity index (χ0) is 14.4. The van der Waals surface area contributed by atoms with Gasteiger partial charge in [0.05, 0.1) is 5.56 Å². The van der Waals surface area contributed by atoms with Crippen LogP contribution in [0, 0.1) is 0 Å². The molecule has 0 radical (unpaired) electrons. The van der Waals surface area contributed by atoms with Crippen LogP contribution in [0.1, 0.15) is 36.2 Å². The van der Waals surface area contributed by atoms with Crippen LogP contribution in [0.5, 0.6) is 5.75 Å². The third-order valence-electron chi connectivity index (χ3n) is 3.12. The monoisotopic (exact) mass is 283 g/mol. The number of phenolic OH excluding ortho intramolecular Hbond substituents is 1. The minimum absolute atomic E-state index is 0.0122. The van der Waals surface area contributed by atoms with Crippen LogP contribution in [0.25, 0.3) is 0 Å². The normalized spacial score (nSPS) is 13.8. The van der Waals surface area contributed by atoms with Crippen molar-refractivity contribution >= 4 is 16.7 Å². The minimum atomic E-state index is -0.880. The van der Waals surface area contributed by atoms with Gasteiger partial charge in [-0.1, -0.05) is 19.9 Å². The number of aryl methyl sites for hydroxylation is 1. The van der Waals surface area contributed by atoms with Crippen molar-refractivity contribution in [3.63, 3.8) is 0 Å². The fourth-order valence-corrected chi connectivity index (χ4v) is 2.08. The molecular formula is C14H21NO3S. The highest BCUT2D eigenvalue weighted by Crippen LogP contribution is 2.18. The van der Waals surface area contributed by atoms with Gasteiger partial charge in [0.2, 0.25) is 0 Å². The molecule has 0 spiro atoms. The molecule has 0 saturated heterocycles. The molecule has 19 heavy (non-hydrogen) atoms. The Kier molecular flexibility index (Phi) is 6.02. The Morgan fingerprint density at radius 3 is 2.74 bits per heavy atom. The van der Waals surface area contributed by atoms with Crippen molar-refractivity contribution in [2.75, 3.05) is 12.8 Å². The van der Waals surface area contributed by atoms with Gasteiger partial charge in [0.25, 0.3) is 5.91 Å². The maximum absolute atomic E-state index is 11.9. The highest BCUT2D eigenvalue weighted by molar-refractivity contribution is 7.84.